The van der Waals surface area contributed by atoms with Gasteiger partial charge in [-0.15, -0.1) is 0 Å². The molecule has 0 aliphatic heterocycles. The van der Waals surface area contributed by atoms with Crippen LogP contribution in [0, 0.1) is 6.92 Å². The predicted molar refractivity (Wildman–Crippen MR) is 64.6 cm³/mol. The molecule has 0 saturated carbocycles. The van der Waals surface area contributed by atoms with Crippen molar-refractivity contribution in [3.8, 4) is 0 Å². The Labute approximate surface area is 104 Å². The molecular weight excluding hydrogens is 234 g/mol. The van der Waals surface area contributed by atoms with E-state index < -0.39 is 5.97 Å². The van der Waals surface area contributed by atoms with Gasteiger partial charge >= 0.3 is 5.97 Å². The number of ether oxygens (including phenoxy) is 1. The highest BCUT2D eigenvalue weighted by atomic mass is 16.5. The van der Waals surface area contributed by atoms with Gasteiger partial charge in [0.2, 0.25) is 5.82 Å². The monoisotopic (exact) mass is 247 g/mol. The topological polar surface area (TPSA) is 81.9 Å². The van der Waals surface area contributed by atoms with Gasteiger partial charge in [-0.3, -0.25) is 4.68 Å². The van der Waals surface area contributed by atoms with Crippen LogP contribution in [0.25, 0.3) is 0 Å². The highest BCUT2D eigenvalue weighted by Crippen LogP contribution is 2.17. The van der Waals surface area contributed by atoms with Crippen LogP contribution in [0.4, 0.5) is 11.5 Å². The molecule has 0 atom stereocenters. The third-order valence-electron chi connectivity index (χ3n) is 2.30. The molecule has 0 spiro atoms. The maximum Gasteiger partial charge on any atom is 0.376 e. The Hall–Kier alpha value is -2.44. The first kappa shape index (κ1) is 12.0. The van der Waals surface area contributed by atoms with Crippen LogP contribution in [-0.4, -0.2) is 32.8 Å². The van der Waals surface area contributed by atoms with Crippen LogP contribution in [0.2, 0.25) is 0 Å². The Bertz CT molecular complexity index is 579. The number of methoxy groups -OCH3 is 1. The summed E-state index contributed by atoms with van der Waals surface area (Å²) in [6.07, 6.45) is 3.32. The van der Waals surface area contributed by atoms with E-state index in [9.17, 15) is 4.79 Å². The summed E-state index contributed by atoms with van der Waals surface area (Å²) in [6.45, 7) is 1.88. The average Bonchev–Trinajstić information content (AvgIpc) is 2.67. The van der Waals surface area contributed by atoms with Gasteiger partial charge in [0.15, 0.2) is 0 Å². The standard InChI is InChI=1S/C11H13N5O2/c1-7-8(6-16(2)15-7)13-9-4-5-12-10(14-9)11(17)18-3/h4-6H,1-3H3,(H,12,13,14). The third-order valence-corrected chi connectivity index (χ3v) is 2.30. The summed E-state index contributed by atoms with van der Waals surface area (Å²) < 4.78 is 6.26. The minimum Gasteiger partial charge on any atom is -0.463 e. The van der Waals surface area contributed by atoms with E-state index in [-0.39, 0.29) is 5.82 Å². The number of aromatic nitrogens is 4. The van der Waals surface area contributed by atoms with Crippen LogP contribution in [0.3, 0.4) is 0 Å². The number of carbonyl (C=O) groups excluding carboxylic acids is 1. The van der Waals surface area contributed by atoms with Gasteiger partial charge in [0.1, 0.15) is 5.82 Å². The van der Waals surface area contributed by atoms with Crippen LogP contribution in [0.5, 0.6) is 0 Å². The lowest BCUT2D eigenvalue weighted by molar-refractivity contribution is 0.0587. The van der Waals surface area contributed by atoms with Gasteiger partial charge in [0.25, 0.3) is 0 Å². The second-order valence-electron chi connectivity index (χ2n) is 3.68. The number of hydrogen-bond acceptors (Lipinski definition) is 6. The highest BCUT2D eigenvalue weighted by Gasteiger charge is 2.10. The fourth-order valence-corrected chi connectivity index (χ4v) is 1.48. The lowest BCUT2D eigenvalue weighted by atomic mass is 10.4. The van der Waals surface area contributed by atoms with Crippen molar-refractivity contribution in [2.45, 2.75) is 6.92 Å². The van der Waals surface area contributed by atoms with Gasteiger partial charge in [0, 0.05) is 19.4 Å². The summed E-state index contributed by atoms with van der Waals surface area (Å²) in [5.41, 5.74) is 1.67. The van der Waals surface area contributed by atoms with E-state index in [0.717, 1.165) is 11.4 Å². The average molecular weight is 247 g/mol. The normalized spacial score (nSPS) is 10.2. The van der Waals surface area contributed by atoms with Crippen molar-refractivity contribution in [2.75, 3.05) is 12.4 Å². The fourth-order valence-electron chi connectivity index (χ4n) is 1.48. The molecule has 94 valence electrons. The largest absolute Gasteiger partial charge is 0.463 e. The quantitative estimate of drug-likeness (QED) is 0.816. The first-order valence-corrected chi connectivity index (χ1v) is 5.29. The van der Waals surface area contributed by atoms with Crippen molar-refractivity contribution in [1.29, 1.82) is 0 Å². The number of esters is 1. The summed E-state index contributed by atoms with van der Waals surface area (Å²) in [6, 6.07) is 1.67. The number of anilines is 2. The molecule has 0 aromatic carbocycles. The Balaban J connectivity index is 2.24. The van der Waals surface area contributed by atoms with Gasteiger partial charge in [-0.1, -0.05) is 0 Å². The third kappa shape index (κ3) is 2.45. The van der Waals surface area contributed by atoms with Gasteiger partial charge < -0.3 is 10.1 Å². The van der Waals surface area contributed by atoms with Crippen molar-refractivity contribution in [3.63, 3.8) is 0 Å². The number of rotatable bonds is 3. The van der Waals surface area contributed by atoms with E-state index in [1.54, 1.807) is 10.7 Å². The number of nitrogens with zero attached hydrogens (tertiary/aromatic N) is 4. The molecule has 2 aromatic rings. The molecule has 0 bridgehead atoms. The summed E-state index contributed by atoms with van der Waals surface area (Å²) in [5.74, 6) is -0.0351. The van der Waals surface area contributed by atoms with E-state index in [0.29, 0.717) is 5.82 Å². The lowest BCUT2D eigenvalue weighted by Gasteiger charge is -2.04. The summed E-state index contributed by atoms with van der Waals surface area (Å²) in [4.78, 5) is 19.2. The second-order valence-corrected chi connectivity index (χ2v) is 3.68. The molecule has 0 aliphatic carbocycles. The van der Waals surface area contributed by atoms with Gasteiger partial charge in [0.05, 0.1) is 18.5 Å². The van der Waals surface area contributed by atoms with E-state index >= 15 is 0 Å². The van der Waals surface area contributed by atoms with E-state index in [2.05, 4.69) is 25.1 Å². The summed E-state index contributed by atoms with van der Waals surface area (Å²) in [7, 11) is 3.12. The molecule has 7 nitrogen and oxygen atoms in total. The maximum atomic E-state index is 11.3. The van der Waals surface area contributed by atoms with Crippen LogP contribution in [-0.2, 0) is 11.8 Å². The molecule has 0 radical (unpaired) electrons. The smallest absolute Gasteiger partial charge is 0.376 e. The number of hydrogen-bond donors (Lipinski definition) is 1. The van der Waals surface area contributed by atoms with Crippen molar-refractivity contribution in [1.82, 2.24) is 19.7 Å². The minimum atomic E-state index is -0.568. The van der Waals surface area contributed by atoms with Crippen molar-refractivity contribution in [2.24, 2.45) is 7.05 Å². The van der Waals surface area contributed by atoms with E-state index in [1.165, 1.54) is 13.3 Å². The van der Waals surface area contributed by atoms with Crippen LogP contribution in [0.1, 0.15) is 16.3 Å². The molecule has 0 aliphatic rings. The molecule has 0 saturated heterocycles. The molecule has 0 fully saturated rings. The fraction of sp³-hybridized carbons (Fsp3) is 0.273. The lowest BCUT2D eigenvalue weighted by Crippen LogP contribution is -2.08. The van der Waals surface area contributed by atoms with Crippen LogP contribution >= 0.6 is 0 Å². The zero-order valence-electron chi connectivity index (χ0n) is 10.3. The van der Waals surface area contributed by atoms with E-state index in [1.807, 2.05) is 20.2 Å². The van der Waals surface area contributed by atoms with Gasteiger partial charge in [-0.2, -0.15) is 5.10 Å². The van der Waals surface area contributed by atoms with Crippen LogP contribution in [0.15, 0.2) is 18.5 Å². The zero-order valence-corrected chi connectivity index (χ0v) is 10.3. The Morgan fingerprint density at radius 1 is 1.50 bits per heavy atom. The molecule has 2 rings (SSSR count). The molecule has 1 N–H and O–H groups in total. The second kappa shape index (κ2) is 4.82. The molecule has 7 heteroatoms. The van der Waals surface area contributed by atoms with E-state index in [4.69, 9.17) is 0 Å². The maximum absolute atomic E-state index is 11.3. The summed E-state index contributed by atoms with van der Waals surface area (Å²) >= 11 is 0. The Morgan fingerprint density at radius 3 is 2.89 bits per heavy atom. The summed E-state index contributed by atoms with van der Waals surface area (Å²) in [5, 5.41) is 7.27. The molecule has 2 aromatic heterocycles. The number of carbonyl (C=O) groups is 1. The molecular formula is C11H13N5O2. The number of nitrogens with one attached hydrogen (secondary N) is 1. The van der Waals surface area contributed by atoms with Crippen molar-refractivity contribution >= 4 is 17.5 Å². The molecule has 2 heterocycles. The molecule has 0 unspecified atom stereocenters. The first-order valence-electron chi connectivity index (χ1n) is 5.29. The zero-order chi connectivity index (χ0) is 13.1. The van der Waals surface area contributed by atoms with Gasteiger partial charge in [-0.25, -0.2) is 14.8 Å². The SMILES string of the molecule is COC(=O)c1nccc(Nc2cn(C)nc2C)n1. The van der Waals surface area contributed by atoms with Crippen LogP contribution < -0.4 is 5.32 Å². The van der Waals surface area contributed by atoms with Crippen molar-refractivity contribution < 1.29 is 9.53 Å². The minimum absolute atomic E-state index is 0.0176. The van der Waals surface area contributed by atoms with Gasteiger partial charge in [-0.05, 0) is 13.0 Å². The Kier molecular flexibility index (Phi) is 3.22. The first-order chi connectivity index (χ1) is 8.60. The molecule has 0 amide bonds. The Morgan fingerprint density at radius 2 is 2.28 bits per heavy atom. The highest BCUT2D eigenvalue weighted by molar-refractivity contribution is 5.85. The predicted octanol–water partition coefficient (Wildman–Crippen LogP) is 1.05. The van der Waals surface area contributed by atoms with Crippen molar-refractivity contribution in [3.05, 3.63) is 30.0 Å². The number of aryl methyl sites for hydroxylation is 2. The molecule has 18 heavy (non-hydrogen) atoms.